The summed E-state index contributed by atoms with van der Waals surface area (Å²) in [6, 6.07) is 27.1. The zero-order valence-electron chi connectivity index (χ0n) is 41.6. The second-order valence-electron chi connectivity index (χ2n) is 20.1. The summed E-state index contributed by atoms with van der Waals surface area (Å²) >= 11 is 7.29. The number of carbonyl (C=O) groups excluding carboxylic acids is 3. The Bertz CT molecular complexity index is 2790. The third-order valence-electron chi connectivity index (χ3n) is 13.4. The van der Waals surface area contributed by atoms with Crippen LogP contribution in [0.2, 0.25) is 0 Å². The van der Waals surface area contributed by atoms with E-state index in [1.54, 1.807) is 48.3 Å². The molecule has 2 saturated heterocycles. The number of nitrogens with one attached hydrogen (secondary N) is 1. The fourth-order valence-electron chi connectivity index (χ4n) is 9.13. The van der Waals surface area contributed by atoms with Crippen molar-refractivity contribution < 1.29 is 42.1 Å². The number of anilines is 2. The number of β-amino-alcohol motifs (C(OH)–C–C–N with tert-alkyl or cyclic N) is 1. The summed E-state index contributed by atoms with van der Waals surface area (Å²) in [6.45, 7) is 14.5. The van der Waals surface area contributed by atoms with Crippen molar-refractivity contribution >= 4 is 57.6 Å². The van der Waals surface area contributed by atoms with Gasteiger partial charge in [0.2, 0.25) is 5.91 Å². The quantitative estimate of drug-likeness (QED) is 0.0602. The van der Waals surface area contributed by atoms with Gasteiger partial charge in [0.25, 0.3) is 5.91 Å². The molecule has 2 fully saturated rings. The van der Waals surface area contributed by atoms with Crippen molar-refractivity contribution in [2.45, 2.75) is 117 Å². The number of hydrogen-bond donors (Lipinski definition) is 2. The van der Waals surface area contributed by atoms with Crippen molar-refractivity contribution in [1.82, 2.24) is 15.2 Å². The number of rotatable bonds is 19. The molecular formula is C55H61F3N6O6S2. The molecule has 4 atom stereocenters. The van der Waals surface area contributed by atoms with E-state index in [2.05, 4.69) is 34.6 Å². The highest BCUT2D eigenvalue weighted by Gasteiger charge is 2.51. The predicted molar refractivity (Wildman–Crippen MR) is 278 cm³/mol. The molecule has 3 heterocycles. The van der Waals surface area contributed by atoms with Crippen LogP contribution in [-0.2, 0) is 31.7 Å². The lowest BCUT2D eigenvalue weighted by Gasteiger charge is -2.36. The Morgan fingerprint density at radius 2 is 1.62 bits per heavy atom. The summed E-state index contributed by atoms with van der Waals surface area (Å²) in [5.74, 6) is 0.0105. The van der Waals surface area contributed by atoms with E-state index in [0.717, 1.165) is 49.9 Å². The number of ether oxygens (including phenoxy) is 2. The van der Waals surface area contributed by atoms with Gasteiger partial charge in [-0.25, -0.2) is 4.98 Å². The minimum absolute atomic E-state index is 0.0154. The maximum Gasteiger partial charge on any atom is 0.417 e. The Kier molecular flexibility index (Phi) is 16.7. The Labute approximate surface area is 428 Å². The highest BCUT2D eigenvalue weighted by atomic mass is 32.1. The summed E-state index contributed by atoms with van der Waals surface area (Å²) in [5, 5.41) is 23.1. The van der Waals surface area contributed by atoms with Gasteiger partial charge in [0.05, 0.1) is 63.8 Å². The van der Waals surface area contributed by atoms with E-state index in [4.69, 9.17) is 21.7 Å². The van der Waals surface area contributed by atoms with Crippen LogP contribution in [-0.4, -0.2) is 93.8 Å². The molecule has 12 nitrogen and oxygen atoms in total. The average Bonchev–Trinajstić information content (AvgIpc) is 3.99. The number of halogens is 3. The molecule has 0 bridgehead atoms. The van der Waals surface area contributed by atoms with Crippen molar-refractivity contribution in [2.24, 2.45) is 5.41 Å². The van der Waals surface area contributed by atoms with E-state index in [9.17, 15) is 37.9 Å². The van der Waals surface area contributed by atoms with Crippen LogP contribution in [0.4, 0.5) is 24.5 Å². The number of hydrogen-bond acceptors (Lipinski definition) is 11. The van der Waals surface area contributed by atoms with Gasteiger partial charge in [-0.3, -0.25) is 24.2 Å². The standard InChI is InChI=1S/C55H61F3N6O6S2/c1-34(70-32-49(67)61-48(53(3,4)5)31-62-30-43(65)28-46(62)47(66)25-12-36-10-13-39(14-11-36)50-35(2)60-33-72-50)9-8-26-69-44-23-18-38(19-24-44)37-15-20-41(21-16-37)64-52(71)63(51(68)54(64,6)7)42-22-17-40(29-59)45(27-42)55(56,57)58/h10-11,13-24,27,33-34,43,46,48,65H,8-9,12,25-26,28,30-32H2,1-7H3,(H,61,67)/t34-,43-,46+,48-/m1/s1. The predicted octanol–water partition coefficient (Wildman–Crippen LogP) is 10.3. The molecule has 72 heavy (non-hydrogen) atoms. The van der Waals surface area contributed by atoms with Crippen molar-refractivity contribution in [1.29, 1.82) is 5.26 Å². The fourth-order valence-corrected chi connectivity index (χ4v) is 10.5. The molecule has 1 aromatic heterocycles. The van der Waals surface area contributed by atoms with Gasteiger partial charge in [-0.05, 0) is 136 Å². The first-order valence-electron chi connectivity index (χ1n) is 24.0. The van der Waals surface area contributed by atoms with Crippen molar-refractivity contribution in [2.75, 3.05) is 36.1 Å². The topological polar surface area (TPSA) is 148 Å². The molecular weight excluding hydrogens is 962 g/mol. The van der Waals surface area contributed by atoms with Crippen LogP contribution >= 0.6 is 23.6 Å². The number of amides is 2. The number of nitrogens with zero attached hydrogens (tertiary/aromatic N) is 5. The van der Waals surface area contributed by atoms with Crippen LogP contribution in [0.3, 0.4) is 0 Å². The molecule has 0 spiro atoms. The van der Waals surface area contributed by atoms with E-state index in [-0.39, 0.29) is 46.7 Å². The fraction of sp³-hybridized carbons (Fsp3) is 0.418. The largest absolute Gasteiger partial charge is 0.494 e. The van der Waals surface area contributed by atoms with E-state index in [1.807, 2.05) is 81.4 Å². The third kappa shape index (κ3) is 12.6. The molecule has 2 aliphatic heterocycles. The molecule has 0 aliphatic carbocycles. The van der Waals surface area contributed by atoms with Gasteiger partial charge in [0, 0.05) is 31.2 Å². The van der Waals surface area contributed by atoms with E-state index in [0.29, 0.717) is 63.2 Å². The van der Waals surface area contributed by atoms with Gasteiger partial charge in [-0.2, -0.15) is 18.4 Å². The maximum absolute atomic E-state index is 13.8. The van der Waals surface area contributed by atoms with Gasteiger partial charge >= 0.3 is 6.18 Å². The Balaban J connectivity index is 0.843. The number of aryl methyl sites for hydroxylation is 2. The van der Waals surface area contributed by atoms with Crippen molar-refractivity contribution in [3.63, 3.8) is 0 Å². The summed E-state index contributed by atoms with van der Waals surface area (Å²) in [4.78, 5) is 50.7. The van der Waals surface area contributed by atoms with Gasteiger partial charge in [0.1, 0.15) is 23.7 Å². The number of aliphatic hydroxyl groups excluding tert-OH is 1. The molecule has 5 aromatic rings. The van der Waals surface area contributed by atoms with Gasteiger partial charge < -0.3 is 24.8 Å². The molecule has 0 radical (unpaired) electrons. The molecule has 0 unspecified atom stereocenters. The number of likely N-dealkylation sites (tertiary alicyclic amines) is 1. The first-order valence-corrected chi connectivity index (χ1v) is 25.3. The third-order valence-corrected chi connectivity index (χ3v) is 14.7. The number of carbonyl (C=O) groups is 3. The highest BCUT2D eigenvalue weighted by molar-refractivity contribution is 7.81. The van der Waals surface area contributed by atoms with Gasteiger partial charge in [0.15, 0.2) is 5.11 Å². The van der Waals surface area contributed by atoms with E-state index >= 15 is 0 Å². The first-order chi connectivity index (χ1) is 34.0. The van der Waals surface area contributed by atoms with Crippen molar-refractivity contribution in [3.8, 4) is 33.4 Å². The second-order valence-corrected chi connectivity index (χ2v) is 21.3. The first kappa shape index (κ1) is 53.8. The molecule has 7 rings (SSSR count). The number of ketones is 1. The minimum Gasteiger partial charge on any atom is -0.494 e. The lowest BCUT2D eigenvalue weighted by Crippen LogP contribution is -2.53. The number of aliphatic hydroxyl groups is 1. The Morgan fingerprint density at radius 1 is 0.986 bits per heavy atom. The van der Waals surface area contributed by atoms with Crippen LogP contribution in [0.15, 0.2) is 96.5 Å². The van der Waals surface area contributed by atoms with Crippen LogP contribution in [0.25, 0.3) is 21.6 Å². The molecule has 2 aliphatic rings. The van der Waals surface area contributed by atoms with E-state index in [1.165, 1.54) is 6.07 Å². The minimum atomic E-state index is -4.80. The lowest BCUT2D eigenvalue weighted by molar-refractivity contribution is -0.138. The number of aromatic nitrogens is 1. The molecule has 380 valence electrons. The number of alkyl halides is 3. The molecule has 2 amide bonds. The van der Waals surface area contributed by atoms with Crippen LogP contribution in [0.1, 0.15) is 89.6 Å². The zero-order valence-corrected chi connectivity index (χ0v) is 43.2. The zero-order chi connectivity index (χ0) is 52.1. The average molecular weight is 1020 g/mol. The van der Waals surface area contributed by atoms with Crippen LogP contribution in [0, 0.1) is 23.7 Å². The van der Waals surface area contributed by atoms with E-state index < -0.39 is 40.9 Å². The summed E-state index contributed by atoms with van der Waals surface area (Å²) in [6.07, 6.45) is -2.95. The normalized spacial score (nSPS) is 18.0. The summed E-state index contributed by atoms with van der Waals surface area (Å²) in [5.41, 5.74) is 4.07. The Hall–Kier alpha value is -6.03. The molecule has 17 heteroatoms. The number of Topliss-reactive ketones (excluding diaryl/α,β-unsaturated/α-hetero) is 1. The molecule has 4 aromatic carbocycles. The second kappa shape index (κ2) is 22.4. The molecule has 2 N–H and O–H groups in total. The number of thiazole rings is 1. The summed E-state index contributed by atoms with van der Waals surface area (Å²) < 4.78 is 53.3. The highest BCUT2D eigenvalue weighted by Crippen LogP contribution is 2.40. The summed E-state index contributed by atoms with van der Waals surface area (Å²) in [7, 11) is 0. The monoisotopic (exact) mass is 1020 g/mol. The number of benzene rings is 4. The maximum atomic E-state index is 13.8. The number of nitriles is 1. The van der Waals surface area contributed by atoms with Crippen LogP contribution in [0.5, 0.6) is 5.75 Å². The SMILES string of the molecule is Cc1ncsc1-c1ccc(CCC(=O)[C@@H]2C[C@@H](O)CN2C[C@@H](NC(=O)CO[C@H](C)CCCOc2ccc(-c3ccc(N4C(=S)N(c5ccc(C#N)c(C(F)(F)F)c5)C(=O)C4(C)C)cc3)cc2)C(C)(C)C)cc1. The van der Waals surface area contributed by atoms with Crippen LogP contribution < -0.4 is 19.9 Å². The van der Waals surface area contributed by atoms with Crippen molar-refractivity contribution in [3.05, 3.63) is 119 Å². The van der Waals surface area contributed by atoms with Gasteiger partial charge in [-0.1, -0.05) is 69.3 Å². The smallest absolute Gasteiger partial charge is 0.417 e. The lowest BCUT2D eigenvalue weighted by atomic mass is 9.86. The number of thiocarbonyl (C=S) groups is 1. The van der Waals surface area contributed by atoms with Gasteiger partial charge in [-0.15, -0.1) is 11.3 Å². The Morgan fingerprint density at radius 3 is 2.24 bits per heavy atom. The molecule has 0 saturated carbocycles.